The second-order valence-corrected chi connectivity index (χ2v) is 7.18. The molecule has 16 heavy (non-hydrogen) atoms. The third-order valence-corrected chi connectivity index (χ3v) is 5.32. The molecular formula is C15H29N. The van der Waals surface area contributed by atoms with Crippen molar-refractivity contribution < 1.29 is 0 Å². The van der Waals surface area contributed by atoms with Gasteiger partial charge in [0, 0.05) is 12.6 Å². The first-order valence-electron chi connectivity index (χ1n) is 7.20. The van der Waals surface area contributed by atoms with Crippen molar-refractivity contribution >= 4 is 0 Å². The summed E-state index contributed by atoms with van der Waals surface area (Å²) >= 11 is 0. The van der Waals surface area contributed by atoms with Gasteiger partial charge in [0.25, 0.3) is 0 Å². The summed E-state index contributed by atoms with van der Waals surface area (Å²) < 4.78 is 0. The van der Waals surface area contributed by atoms with Crippen LogP contribution in [0.15, 0.2) is 0 Å². The molecule has 2 saturated carbocycles. The summed E-state index contributed by atoms with van der Waals surface area (Å²) in [5, 5.41) is 3.90. The number of hydrogen-bond donors (Lipinski definition) is 1. The Kier molecular flexibility index (Phi) is 3.36. The zero-order valence-electron chi connectivity index (χ0n) is 11.6. The van der Waals surface area contributed by atoms with E-state index < -0.39 is 0 Å². The second kappa shape index (κ2) is 4.33. The SMILES string of the molecule is CC(C)C1(CNC2CCCCC2(C)C)CC1. The smallest absolute Gasteiger partial charge is 0.0118 e. The van der Waals surface area contributed by atoms with E-state index >= 15 is 0 Å². The summed E-state index contributed by atoms with van der Waals surface area (Å²) in [5.41, 5.74) is 1.18. The van der Waals surface area contributed by atoms with Gasteiger partial charge in [0.05, 0.1) is 0 Å². The van der Waals surface area contributed by atoms with Crippen molar-refractivity contribution in [1.29, 1.82) is 0 Å². The predicted octanol–water partition coefficient (Wildman–Crippen LogP) is 3.98. The molecule has 0 heterocycles. The van der Waals surface area contributed by atoms with Crippen molar-refractivity contribution in [1.82, 2.24) is 5.32 Å². The highest BCUT2D eigenvalue weighted by atomic mass is 15.0. The van der Waals surface area contributed by atoms with Crippen LogP contribution in [0, 0.1) is 16.7 Å². The first-order valence-corrected chi connectivity index (χ1v) is 7.20. The van der Waals surface area contributed by atoms with Crippen LogP contribution in [-0.2, 0) is 0 Å². The fourth-order valence-electron chi connectivity index (χ4n) is 3.32. The van der Waals surface area contributed by atoms with Crippen LogP contribution in [0.25, 0.3) is 0 Å². The minimum Gasteiger partial charge on any atom is -0.313 e. The average Bonchev–Trinajstić information content (AvgIpc) is 2.96. The van der Waals surface area contributed by atoms with E-state index in [-0.39, 0.29) is 0 Å². The molecule has 2 aliphatic rings. The molecule has 94 valence electrons. The Morgan fingerprint density at radius 3 is 2.31 bits per heavy atom. The Balaban J connectivity index is 1.85. The van der Waals surface area contributed by atoms with Crippen molar-refractivity contribution in [2.45, 2.75) is 72.3 Å². The molecule has 0 aromatic heterocycles. The molecule has 0 aromatic carbocycles. The maximum atomic E-state index is 3.90. The van der Waals surface area contributed by atoms with Gasteiger partial charge >= 0.3 is 0 Å². The molecule has 0 amide bonds. The van der Waals surface area contributed by atoms with Gasteiger partial charge in [0.1, 0.15) is 0 Å². The van der Waals surface area contributed by atoms with E-state index in [2.05, 4.69) is 33.0 Å². The maximum Gasteiger partial charge on any atom is 0.0118 e. The highest BCUT2D eigenvalue weighted by molar-refractivity contribution is 4.99. The molecule has 2 aliphatic carbocycles. The van der Waals surface area contributed by atoms with Gasteiger partial charge in [-0.15, -0.1) is 0 Å². The van der Waals surface area contributed by atoms with Gasteiger partial charge in [0.2, 0.25) is 0 Å². The van der Waals surface area contributed by atoms with E-state index in [1.165, 1.54) is 45.1 Å². The third-order valence-electron chi connectivity index (χ3n) is 5.32. The van der Waals surface area contributed by atoms with Crippen molar-refractivity contribution in [2.24, 2.45) is 16.7 Å². The molecule has 1 atom stereocenters. The lowest BCUT2D eigenvalue weighted by atomic mass is 9.73. The lowest BCUT2D eigenvalue weighted by Crippen LogP contribution is -2.46. The molecule has 0 bridgehead atoms. The van der Waals surface area contributed by atoms with Gasteiger partial charge in [-0.3, -0.25) is 0 Å². The van der Waals surface area contributed by atoms with Crippen LogP contribution < -0.4 is 5.32 Å². The van der Waals surface area contributed by atoms with Gasteiger partial charge in [-0.25, -0.2) is 0 Å². The summed E-state index contributed by atoms with van der Waals surface area (Å²) in [6.45, 7) is 10.9. The second-order valence-electron chi connectivity index (χ2n) is 7.18. The van der Waals surface area contributed by atoms with Crippen molar-refractivity contribution in [2.75, 3.05) is 6.54 Å². The van der Waals surface area contributed by atoms with Crippen molar-refractivity contribution in [3.8, 4) is 0 Å². The van der Waals surface area contributed by atoms with E-state index in [1.807, 2.05) is 0 Å². The number of nitrogens with one attached hydrogen (secondary N) is 1. The lowest BCUT2D eigenvalue weighted by Gasteiger charge is -2.40. The van der Waals surface area contributed by atoms with Crippen LogP contribution in [0.1, 0.15) is 66.2 Å². The first-order chi connectivity index (χ1) is 7.46. The van der Waals surface area contributed by atoms with Gasteiger partial charge < -0.3 is 5.32 Å². The Morgan fingerprint density at radius 2 is 1.81 bits per heavy atom. The fraction of sp³-hybridized carbons (Fsp3) is 1.00. The Bertz CT molecular complexity index is 238. The largest absolute Gasteiger partial charge is 0.313 e. The molecule has 0 aliphatic heterocycles. The minimum absolute atomic E-state index is 0.519. The lowest BCUT2D eigenvalue weighted by molar-refractivity contribution is 0.155. The summed E-state index contributed by atoms with van der Waals surface area (Å²) in [6.07, 6.45) is 8.55. The summed E-state index contributed by atoms with van der Waals surface area (Å²) in [4.78, 5) is 0. The minimum atomic E-state index is 0.519. The van der Waals surface area contributed by atoms with Gasteiger partial charge in [0.15, 0.2) is 0 Å². The van der Waals surface area contributed by atoms with Crippen LogP contribution in [0.3, 0.4) is 0 Å². The molecule has 0 spiro atoms. The van der Waals surface area contributed by atoms with Gasteiger partial charge in [-0.2, -0.15) is 0 Å². The average molecular weight is 223 g/mol. The highest BCUT2D eigenvalue weighted by Crippen LogP contribution is 2.51. The van der Waals surface area contributed by atoms with Gasteiger partial charge in [-0.1, -0.05) is 40.5 Å². The third kappa shape index (κ3) is 2.45. The summed E-state index contributed by atoms with van der Waals surface area (Å²) in [7, 11) is 0. The van der Waals surface area contributed by atoms with E-state index in [1.54, 1.807) is 0 Å². The summed E-state index contributed by atoms with van der Waals surface area (Å²) in [6, 6.07) is 0.762. The molecule has 2 rings (SSSR count). The zero-order chi connectivity index (χ0) is 11.8. The maximum absolute atomic E-state index is 3.90. The number of hydrogen-bond acceptors (Lipinski definition) is 1. The standard InChI is InChI=1S/C15H29N/c1-12(2)15(9-10-15)11-16-13-7-5-6-8-14(13,3)4/h12-13,16H,5-11H2,1-4H3. The van der Waals surface area contributed by atoms with Gasteiger partial charge in [-0.05, 0) is 42.4 Å². The van der Waals surface area contributed by atoms with Crippen LogP contribution in [0.5, 0.6) is 0 Å². The summed E-state index contributed by atoms with van der Waals surface area (Å²) in [5.74, 6) is 0.853. The molecular weight excluding hydrogens is 194 g/mol. The van der Waals surface area contributed by atoms with Crippen LogP contribution in [0.2, 0.25) is 0 Å². The van der Waals surface area contributed by atoms with E-state index in [0.717, 1.165) is 12.0 Å². The fourth-order valence-corrected chi connectivity index (χ4v) is 3.32. The zero-order valence-corrected chi connectivity index (χ0v) is 11.6. The van der Waals surface area contributed by atoms with E-state index in [4.69, 9.17) is 0 Å². The molecule has 0 saturated heterocycles. The van der Waals surface area contributed by atoms with Crippen LogP contribution in [0.4, 0.5) is 0 Å². The highest BCUT2D eigenvalue weighted by Gasteiger charge is 2.46. The molecule has 1 nitrogen and oxygen atoms in total. The molecule has 0 aromatic rings. The monoisotopic (exact) mass is 223 g/mol. The van der Waals surface area contributed by atoms with E-state index in [0.29, 0.717) is 10.8 Å². The number of rotatable bonds is 4. The van der Waals surface area contributed by atoms with Crippen molar-refractivity contribution in [3.63, 3.8) is 0 Å². The van der Waals surface area contributed by atoms with E-state index in [9.17, 15) is 0 Å². The van der Waals surface area contributed by atoms with Crippen LogP contribution in [-0.4, -0.2) is 12.6 Å². The predicted molar refractivity (Wildman–Crippen MR) is 70.5 cm³/mol. The molecule has 1 N–H and O–H groups in total. The Labute approximate surface area is 101 Å². The Morgan fingerprint density at radius 1 is 1.12 bits per heavy atom. The molecule has 1 unspecified atom stereocenters. The Hall–Kier alpha value is -0.0400. The quantitative estimate of drug-likeness (QED) is 0.760. The molecule has 0 radical (unpaired) electrons. The first kappa shape index (κ1) is 12.4. The van der Waals surface area contributed by atoms with Crippen molar-refractivity contribution in [3.05, 3.63) is 0 Å². The molecule has 1 heteroatoms. The van der Waals surface area contributed by atoms with Crippen LogP contribution >= 0.6 is 0 Å². The normalized spacial score (nSPS) is 31.7. The molecule has 2 fully saturated rings. The topological polar surface area (TPSA) is 12.0 Å².